The van der Waals surface area contributed by atoms with Gasteiger partial charge < -0.3 is 4.90 Å². The normalized spacial score (nSPS) is 27.2. The standard InChI is InChI=1S/C8H16N2O/c1-6(2)10-7(3)9(4)5-8(10)11/h6-7H,5H2,1-4H3. The summed E-state index contributed by atoms with van der Waals surface area (Å²) in [4.78, 5) is 15.3. The molecule has 0 aromatic carbocycles. The van der Waals surface area contributed by atoms with Crippen LogP contribution in [0.3, 0.4) is 0 Å². The zero-order valence-electron chi connectivity index (χ0n) is 7.66. The number of carbonyl (C=O) groups is 1. The van der Waals surface area contributed by atoms with Gasteiger partial charge in [0.2, 0.25) is 5.91 Å². The van der Waals surface area contributed by atoms with E-state index in [0.29, 0.717) is 12.6 Å². The quantitative estimate of drug-likeness (QED) is 0.552. The van der Waals surface area contributed by atoms with E-state index in [1.54, 1.807) is 0 Å². The fourth-order valence-corrected chi connectivity index (χ4v) is 1.57. The van der Waals surface area contributed by atoms with E-state index in [2.05, 4.69) is 11.8 Å². The maximum absolute atomic E-state index is 11.3. The lowest BCUT2D eigenvalue weighted by molar-refractivity contribution is -0.129. The molecule has 0 spiro atoms. The van der Waals surface area contributed by atoms with Crippen molar-refractivity contribution in [3.63, 3.8) is 0 Å². The minimum atomic E-state index is 0.245. The summed E-state index contributed by atoms with van der Waals surface area (Å²) in [5, 5.41) is 0. The van der Waals surface area contributed by atoms with Crippen LogP contribution in [0, 0.1) is 0 Å². The van der Waals surface area contributed by atoms with Crippen molar-refractivity contribution in [2.45, 2.75) is 33.0 Å². The highest BCUT2D eigenvalue weighted by Crippen LogP contribution is 2.15. The molecule has 64 valence electrons. The Morgan fingerprint density at radius 2 is 2.09 bits per heavy atom. The average molecular weight is 156 g/mol. The van der Waals surface area contributed by atoms with Crippen LogP contribution in [-0.4, -0.2) is 41.5 Å². The van der Waals surface area contributed by atoms with Crippen molar-refractivity contribution in [3.05, 3.63) is 0 Å². The smallest absolute Gasteiger partial charge is 0.238 e. The van der Waals surface area contributed by atoms with Gasteiger partial charge in [0.05, 0.1) is 12.7 Å². The fourth-order valence-electron chi connectivity index (χ4n) is 1.57. The number of likely N-dealkylation sites (N-methyl/N-ethyl adjacent to an activating group) is 1. The van der Waals surface area contributed by atoms with Crippen LogP contribution in [0.2, 0.25) is 0 Å². The topological polar surface area (TPSA) is 23.6 Å². The van der Waals surface area contributed by atoms with Crippen molar-refractivity contribution in [2.75, 3.05) is 13.6 Å². The summed E-state index contributed by atoms with van der Waals surface area (Å²) in [5.41, 5.74) is 0. The summed E-state index contributed by atoms with van der Waals surface area (Å²) in [6.45, 7) is 6.73. The minimum Gasteiger partial charge on any atom is -0.324 e. The number of nitrogens with zero attached hydrogens (tertiary/aromatic N) is 2. The zero-order chi connectivity index (χ0) is 8.59. The second-order valence-electron chi connectivity index (χ2n) is 3.44. The maximum Gasteiger partial charge on any atom is 0.238 e. The third-order valence-electron chi connectivity index (χ3n) is 2.27. The molecule has 3 heteroatoms. The van der Waals surface area contributed by atoms with Crippen LogP contribution in [-0.2, 0) is 4.79 Å². The molecule has 0 bridgehead atoms. The van der Waals surface area contributed by atoms with Gasteiger partial charge in [-0.05, 0) is 27.8 Å². The first-order valence-electron chi connectivity index (χ1n) is 4.05. The molecule has 0 aromatic rings. The Balaban J connectivity index is 2.71. The van der Waals surface area contributed by atoms with E-state index < -0.39 is 0 Å². The molecule has 1 atom stereocenters. The van der Waals surface area contributed by atoms with Gasteiger partial charge in [0.25, 0.3) is 0 Å². The molecule has 1 rings (SSSR count). The van der Waals surface area contributed by atoms with E-state index >= 15 is 0 Å². The van der Waals surface area contributed by atoms with Gasteiger partial charge in [0.15, 0.2) is 0 Å². The summed E-state index contributed by atoms with van der Waals surface area (Å²) in [7, 11) is 1.98. The van der Waals surface area contributed by atoms with Crippen LogP contribution in [0.5, 0.6) is 0 Å². The van der Waals surface area contributed by atoms with Crippen LogP contribution in [0.25, 0.3) is 0 Å². The van der Waals surface area contributed by atoms with Crippen LogP contribution in [0.1, 0.15) is 20.8 Å². The van der Waals surface area contributed by atoms with Gasteiger partial charge in [-0.15, -0.1) is 0 Å². The molecular weight excluding hydrogens is 140 g/mol. The SMILES string of the molecule is CC(C)N1C(=O)CN(C)C1C. The molecule has 0 radical (unpaired) electrons. The molecule has 1 aliphatic rings. The van der Waals surface area contributed by atoms with Gasteiger partial charge in [-0.1, -0.05) is 0 Å². The maximum atomic E-state index is 11.3. The highest BCUT2D eigenvalue weighted by atomic mass is 16.2. The van der Waals surface area contributed by atoms with E-state index in [9.17, 15) is 4.79 Å². The first kappa shape index (κ1) is 8.53. The lowest BCUT2D eigenvalue weighted by atomic mass is 10.3. The van der Waals surface area contributed by atoms with Crippen molar-refractivity contribution in [1.29, 1.82) is 0 Å². The first-order valence-corrected chi connectivity index (χ1v) is 4.05. The van der Waals surface area contributed by atoms with Crippen molar-refractivity contribution in [3.8, 4) is 0 Å². The Hall–Kier alpha value is -0.570. The van der Waals surface area contributed by atoms with Crippen molar-refractivity contribution >= 4 is 5.91 Å². The number of carbonyl (C=O) groups excluding carboxylic acids is 1. The molecule has 1 fully saturated rings. The summed E-state index contributed by atoms with van der Waals surface area (Å²) in [6.07, 6.45) is 0.266. The molecule has 0 N–H and O–H groups in total. The predicted octanol–water partition coefficient (Wildman–Crippen LogP) is 0.515. The third kappa shape index (κ3) is 1.38. The average Bonchev–Trinajstić information content (AvgIpc) is 2.07. The minimum absolute atomic E-state index is 0.245. The molecule has 0 aliphatic carbocycles. The highest BCUT2D eigenvalue weighted by Gasteiger charge is 2.33. The molecule has 1 aliphatic heterocycles. The monoisotopic (exact) mass is 156 g/mol. The van der Waals surface area contributed by atoms with Crippen molar-refractivity contribution < 1.29 is 4.79 Å². The van der Waals surface area contributed by atoms with E-state index in [4.69, 9.17) is 0 Å². The largest absolute Gasteiger partial charge is 0.324 e. The van der Waals surface area contributed by atoms with Crippen LogP contribution in [0.15, 0.2) is 0 Å². The predicted molar refractivity (Wildman–Crippen MR) is 44.1 cm³/mol. The molecule has 0 saturated carbocycles. The molecule has 1 amide bonds. The Morgan fingerprint density at radius 1 is 1.55 bits per heavy atom. The zero-order valence-corrected chi connectivity index (χ0v) is 7.66. The number of rotatable bonds is 1. The molecule has 1 unspecified atom stereocenters. The summed E-state index contributed by atoms with van der Waals surface area (Å²) >= 11 is 0. The van der Waals surface area contributed by atoms with Crippen molar-refractivity contribution in [2.24, 2.45) is 0 Å². The Morgan fingerprint density at radius 3 is 2.27 bits per heavy atom. The molecular formula is C8H16N2O. The fraction of sp³-hybridized carbons (Fsp3) is 0.875. The second kappa shape index (κ2) is 2.81. The van der Waals surface area contributed by atoms with Crippen LogP contribution < -0.4 is 0 Å². The van der Waals surface area contributed by atoms with Gasteiger partial charge in [-0.25, -0.2) is 0 Å². The van der Waals surface area contributed by atoms with Gasteiger partial charge in [-0.2, -0.15) is 0 Å². The van der Waals surface area contributed by atoms with Gasteiger partial charge >= 0.3 is 0 Å². The van der Waals surface area contributed by atoms with E-state index in [1.165, 1.54) is 0 Å². The third-order valence-corrected chi connectivity index (χ3v) is 2.27. The Bertz CT molecular complexity index is 167. The van der Waals surface area contributed by atoms with E-state index in [0.717, 1.165) is 0 Å². The first-order chi connectivity index (χ1) is 5.04. The van der Waals surface area contributed by atoms with Gasteiger partial charge in [0.1, 0.15) is 0 Å². The van der Waals surface area contributed by atoms with Crippen LogP contribution in [0.4, 0.5) is 0 Å². The summed E-state index contributed by atoms with van der Waals surface area (Å²) in [5.74, 6) is 0.245. The molecule has 1 heterocycles. The Kier molecular flexibility index (Phi) is 2.18. The molecule has 11 heavy (non-hydrogen) atoms. The van der Waals surface area contributed by atoms with Crippen molar-refractivity contribution in [1.82, 2.24) is 9.80 Å². The number of amides is 1. The lowest BCUT2D eigenvalue weighted by Crippen LogP contribution is -2.40. The van der Waals surface area contributed by atoms with Crippen LogP contribution >= 0.6 is 0 Å². The van der Waals surface area contributed by atoms with E-state index in [-0.39, 0.29) is 12.1 Å². The number of hydrogen-bond acceptors (Lipinski definition) is 2. The van der Waals surface area contributed by atoms with E-state index in [1.807, 2.05) is 25.8 Å². The Labute approximate surface area is 68.0 Å². The lowest BCUT2D eigenvalue weighted by Gasteiger charge is -2.27. The second-order valence-corrected chi connectivity index (χ2v) is 3.44. The van der Waals surface area contributed by atoms with Gasteiger partial charge in [0, 0.05) is 6.04 Å². The molecule has 3 nitrogen and oxygen atoms in total. The molecule has 0 aromatic heterocycles. The summed E-state index contributed by atoms with van der Waals surface area (Å²) < 4.78 is 0. The highest BCUT2D eigenvalue weighted by molar-refractivity contribution is 5.80. The van der Waals surface area contributed by atoms with Gasteiger partial charge in [-0.3, -0.25) is 9.69 Å². The summed E-state index contributed by atoms with van der Waals surface area (Å²) in [6, 6.07) is 0.322. The number of hydrogen-bond donors (Lipinski definition) is 0. The molecule has 1 saturated heterocycles.